The summed E-state index contributed by atoms with van der Waals surface area (Å²) >= 11 is 0. The van der Waals surface area contributed by atoms with Gasteiger partial charge in [0, 0.05) is 12.6 Å². The molecule has 0 spiro atoms. The summed E-state index contributed by atoms with van der Waals surface area (Å²) in [5.41, 5.74) is 1.04. The quantitative estimate of drug-likeness (QED) is 0.566. The molecular weight excluding hydrogens is 418 g/mol. The van der Waals surface area contributed by atoms with Crippen LogP contribution < -0.4 is 10.6 Å². The first-order valence-corrected chi connectivity index (χ1v) is 11.8. The van der Waals surface area contributed by atoms with E-state index >= 15 is 0 Å². The second kappa shape index (κ2) is 11.9. The predicted octanol–water partition coefficient (Wildman–Crippen LogP) is 4.41. The van der Waals surface area contributed by atoms with Crippen LogP contribution in [0.2, 0.25) is 0 Å². The molecule has 1 fully saturated rings. The highest BCUT2D eigenvalue weighted by atomic mass is 16.6. The molecule has 1 saturated carbocycles. The lowest BCUT2D eigenvalue weighted by molar-refractivity contribution is -0.141. The van der Waals surface area contributed by atoms with Crippen LogP contribution in [0.3, 0.4) is 0 Å². The Morgan fingerprint density at radius 3 is 2.45 bits per heavy atom. The van der Waals surface area contributed by atoms with Crippen molar-refractivity contribution in [3.05, 3.63) is 48.0 Å². The zero-order valence-electron chi connectivity index (χ0n) is 20.6. The summed E-state index contributed by atoms with van der Waals surface area (Å²) in [5, 5.41) is 5.76. The molecule has 0 saturated heterocycles. The van der Waals surface area contributed by atoms with Gasteiger partial charge in [-0.25, -0.2) is 4.79 Å². The predicted molar refractivity (Wildman–Crippen MR) is 130 cm³/mol. The van der Waals surface area contributed by atoms with Crippen molar-refractivity contribution in [1.82, 2.24) is 15.5 Å². The molecule has 7 heteroatoms. The third-order valence-electron chi connectivity index (χ3n) is 5.58. The highest BCUT2D eigenvalue weighted by molar-refractivity contribution is 5.92. The monoisotopic (exact) mass is 457 g/mol. The number of ether oxygens (including phenoxy) is 1. The minimum atomic E-state index is -0.880. The standard InChI is InChI=1S/C26H39N3O4/c1-7-16-29(24(31)19(3)27-25(32)33-26(4,5)6)22(20-13-11-12-18(2)17-20)23(30)28-21-14-9-8-10-15-21/h7,11-13,17,19,21-22H,1,8-10,14-16H2,2-6H3,(H,27,32)(H,28,30). The summed E-state index contributed by atoms with van der Waals surface area (Å²) in [6, 6.07) is 6.00. The molecule has 3 amide bonds. The number of amides is 3. The van der Waals surface area contributed by atoms with Gasteiger partial charge < -0.3 is 20.3 Å². The zero-order valence-corrected chi connectivity index (χ0v) is 20.6. The molecule has 182 valence electrons. The van der Waals surface area contributed by atoms with Crippen LogP contribution in [0.5, 0.6) is 0 Å². The maximum absolute atomic E-state index is 13.5. The number of hydrogen-bond donors (Lipinski definition) is 2. The van der Waals surface area contributed by atoms with E-state index in [1.54, 1.807) is 33.8 Å². The van der Waals surface area contributed by atoms with Crippen LogP contribution in [0.1, 0.15) is 77.0 Å². The van der Waals surface area contributed by atoms with Crippen molar-refractivity contribution in [3.63, 3.8) is 0 Å². The fourth-order valence-corrected chi connectivity index (χ4v) is 4.10. The molecule has 1 aliphatic rings. The lowest BCUT2D eigenvalue weighted by Crippen LogP contribution is -2.53. The van der Waals surface area contributed by atoms with E-state index in [0.29, 0.717) is 0 Å². The van der Waals surface area contributed by atoms with Gasteiger partial charge in [0.2, 0.25) is 11.8 Å². The van der Waals surface area contributed by atoms with Gasteiger partial charge >= 0.3 is 6.09 Å². The molecule has 0 aromatic heterocycles. The van der Waals surface area contributed by atoms with E-state index in [-0.39, 0.29) is 24.4 Å². The number of alkyl carbamates (subject to hydrolysis) is 1. The van der Waals surface area contributed by atoms with Crippen molar-refractivity contribution < 1.29 is 19.1 Å². The molecule has 7 nitrogen and oxygen atoms in total. The summed E-state index contributed by atoms with van der Waals surface area (Å²) in [7, 11) is 0. The minimum Gasteiger partial charge on any atom is -0.444 e. The molecule has 1 aliphatic carbocycles. The molecule has 0 aliphatic heterocycles. The van der Waals surface area contributed by atoms with Crippen LogP contribution in [-0.2, 0) is 14.3 Å². The third-order valence-corrected chi connectivity index (χ3v) is 5.58. The Kier molecular flexibility index (Phi) is 9.50. The van der Waals surface area contributed by atoms with E-state index in [1.807, 2.05) is 31.2 Å². The van der Waals surface area contributed by atoms with Crippen molar-refractivity contribution in [2.24, 2.45) is 0 Å². The largest absolute Gasteiger partial charge is 0.444 e. The van der Waals surface area contributed by atoms with Gasteiger partial charge in [-0.15, -0.1) is 6.58 Å². The fourth-order valence-electron chi connectivity index (χ4n) is 4.10. The Bertz CT molecular complexity index is 840. The SMILES string of the molecule is C=CCN(C(=O)C(C)NC(=O)OC(C)(C)C)C(C(=O)NC1CCCCC1)c1cccc(C)c1. The number of nitrogens with one attached hydrogen (secondary N) is 2. The van der Waals surface area contributed by atoms with Crippen LogP contribution in [0.4, 0.5) is 4.79 Å². The molecular formula is C26H39N3O4. The molecule has 0 heterocycles. The summed E-state index contributed by atoms with van der Waals surface area (Å²) in [6.07, 6.45) is 6.16. The Morgan fingerprint density at radius 2 is 1.88 bits per heavy atom. The molecule has 2 N–H and O–H groups in total. The fraction of sp³-hybridized carbons (Fsp3) is 0.577. The Hall–Kier alpha value is -2.83. The van der Waals surface area contributed by atoms with Gasteiger partial charge in [0.1, 0.15) is 17.7 Å². The van der Waals surface area contributed by atoms with Crippen LogP contribution in [0.15, 0.2) is 36.9 Å². The maximum Gasteiger partial charge on any atom is 0.408 e. The van der Waals surface area contributed by atoms with Crippen molar-refractivity contribution in [1.29, 1.82) is 0 Å². The molecule has 1 aromatic rings. The molecule has 2 atom stereocenters. The highest BCUT2D eigenvalue weighted by Crippen LogP contribution is 2.25. The molecule has 2 rings (SSSR count). The number of carbonyl (C=O) groups excluding carboxylic acids is 3. The number of benzene rings is 1. The summed E-state index contributed by atoms with van der Waals surface area (Å²) in [5.74, 6) is -0.599. The minimum absolute atomic E-state index is 0.108. The molecule has 0 radical (unpaired) electrons. The van der Waals surface area contributed by atoms with Gasteiger partial charge in [-0.1, -0.05) is 55.2 Å². The first kappa shape index (κ1) is 26.4. The van der Waals surface area contributed by atoms with Crippen molar-refractivity contribution in [3.8, 4) is 0 Å². The second-order valence-electron chi connectivity index (χ2n) is 9.81. The second-order valence-corrected chi connectivity index (χ2v) is 9.81. The molecule has 0 bridgehead atoms. The summed E-state index contributed by atoms with van der Waals surface area (Å²) in [4.78, 5) is 40.7. The smallest absolute Gasteiger partial charge is 0.408 e. The maximum atomic E-state index is 13.5. The zero-order chi connectivity index (χ0) is 24.6. The van der Waals surface area contributed by atoms with Gasteiger partial charge in [0.25, 0.3) is 0 Å². The average molecular weight is 458 g/mol. The van der Waals surface area contributed by atoms with Crippen LogP contribution in [0, 0.1) is 6.92 Å². The van der Waals surface area contributed by atoms with Crippen LogP contribution in [-0.4, -0.2) is 47.0 Å². The average Bonchev–Trinajstić information content (AvgIpc) is 2.72. The van der Waals surface area contributed by atoms with E-state index in [1.165, 1.54) is 11.3 Å². The van der Waals surface area contributed by atoms with Crippen molar-refractivity contribution in [2.45, 2.75) is 90.4 Å². The van der Waals surface area contributed by atoms with Gasteiger partial charge in [-0.3, -0.25) is 9.59 Å². The van der Waals surface area contributed by atoms with Crippen molar-refractivity contribution >= 4 is 17.9 Å². The van der Waals surface area contributed by atoms with Crippen molar-refractivity contribution in [2.75, 3.05) is 6.54 Å². The molecule has 33 heavy (non-hydrogen) atoms. The first-order chi connectivity index (χ1) is 15.5. The van der Waals surface area contributed by atoms with Crippen LogP contribution >= 0.6 is 0 Å². The topological polar surface area (TPSA) is 87.7 Å². The third kappa shape index (κ3) is 8.22. The molecule has 1 aromatic carbocycles. The van der Waals surface area contributed by atoms with Gasteiger partial charge in [-0.2, -0.15) is 0 Å². The van der Waals surface area contributed by atoms with Gasteiger partial charge in [-0.05, 0) is 53.0 Å². The first-order valence-electron chi connectivity index (χ1n) is 11.8. The van der Waals surface area contributed by atoms with Gasteiger partial charge in [0.15, 0.2) is 0 Å². The van der Waals surface area contributed by atoms with E-state index in [9.17, 15) is 14.4 Å². The summed E-state index contributed by atoms with van der Waals surface area (Å²) in [6.45, 7) is 12.8. The number of aryl methyl sites for hydroxylation is 1. The summed E-state index contributed by atoms with van der Waals surface area (Å²) < 4.78 is 5.29. The number of carbonyl (C=O) groups is 3. The van der Waals surface area contributed by atoms with E-state index in [0.717, 1.165) is 36.8 Å². The Morgan fingerprint density at radius 1 is 1.21 bits per heavy atom. The normalized spacial score (nSPS) is 16.3. The number of nitrogens with zero attached hydrogens (tertiary/aromatic N) is 1. The van der Waals surface area contributed by atoms with E-state index < -0.39 is 23.8 Å². The lowest BCUT2D eigenvalue weighted by Gasteiger charge is -2.34. The number of rotatable bonds is 8. The Balaban J connectivity index is 2.30. The highest BCUT2D eigenvalue weighted by Gasteiger charge is 2.35. The lowest BCUT2D eigenvalue weighted by atomic mass is 9.94. The van der Waals surface area contributed by atoms with Crippen LogP contribution in [0.25, 0.3) is 0 Å². The Labute approximate surface area is 197 Å². The van der Waals surface area contributed by atoms with E-state index in [2.05, 4.69) is 17.2 Å². The molecule has 2 unspecified atom stereocenters. The van der Waals surface area contributed by atoms with E-state index in [4.69, 9.17) is 4.74 Å². The van der Waals surface area contributed by atoms with Gasteiger partial charge in [0.05, 0.1) is 0 Å². The number of hydrogen-bond acceptors (Lipinski definition) is 4.